The fourth-order valence-corrected chi connectivity index (χ4v) is 9.28. The van der Waals surface area contributed by atoms with Gasteiger partial charge in [-0.2, -0.15) is 0 Å². The molecule has 0 N–H and O–H groups in total. The molecule has 0 saturated carbocycles. The van der Waals surface area contributed by atoms with E-state index >= 15 is 0 Å². The third-order valence-electron chi connectivity index (χ3n) is 11.5. The molecular formula is C56H82O5S2. The number of rotatable bonds is 38. The molecule has 4 rings (SSSR count). The van der Waals surface area contributed by atoms with Gasteiger partial charge >= 0.3 is 0 Å². The van der Waals surface area contributed by atoms with Crippen LogP contribution in [0.2, 0.25) is 0 Å². The molecule has 0 bridgehead atoms. The highest BCUT2D eigenvalue weighted by molar-refractivity contribution is 8.08. The number of benzene rings is 4. The maximum absolute atomic E-state index is 6.52. The summed E-state index contributed by atoms with van der Waals surface area (Å²) in [6.45, 7) is 11.9. The van der Waals surface area contributed by atoms with Crippen LogP contribution in [0.4, 0.5) is 0 Å². The van der Waals surface area contributed by atoms with E-state index in [-0.39, 0.29) is 0 Å². The minimum Gasteiger partial charge on any atom is -0.494 e. The van der Waals surface area contributed by atoms with Gasteiger partial charge in [-0.3, -0.25) is 0 Å². The molecule has 4 aromatic rings. The molecule has 0 aromatic heterocycles. The minimum absolute atomic E-state index is 0.700. The van der Waals surface area contributed by atoms with E-state index in [1.165, 1.54) is 153 Å². The molecule has 5 nitrogen and oxygen atoms in total. The largest absolute Gasteiger partial charge is 0.494 e. The van der Waals surface area contributed by atoms with Gasteiger partial charge in [0, 0.05) is 56.1 Å². The number of unbranched alkanes of at least 4 members (excludes halogenated alkanes) is 20. The van der Waals surface area contributed by atoms with Crippen LogP contribution in [0.1, 0.15) is 182 Å². The summed E-state index contributed by atoms with van der Waals surface area (Å²) in [5.41, 5.74) is 4.20. The molecule has 0 unspecified atom stereocenters. The van der Waals surface area contributed by atoms with Crippen molar-refractivity contribution in [3.63, 3.8) is 0 Å². The second-order valence-electron chi connectivity index (χ2n) is 17.0. The Bertz CT molecular complexity index is 1630. The van der Waals surface area contributed by atoms with Crippen molar-refractivity contribution in [1.29, 1.82) is 0 Å². The van der Waals surface area contributed by atoms with Crippen molar-refractivity contribution >= 4 is 24.1 Å². The Hall–Kier alpha value is -3.26. The number of hydrogen-bond acceptors (Lipinski definition) is 7. The quantitative estimate of drug-likeness (QED) is 0.0328. The third kappa shape index (κ3) is 21.1. The minimum atomic E-state index is 0.700. The molecular weight excluding hydrogens is 817 g/mol. The fourth-order valence-electron chi connectivity index (χ4n) is 7.76. The summed E-state index contributed by atoms with van der Waals surface area (Å²) < 4.78 is 32.2. The van der Waals surface area contributed by atoms with E-state index in [2.05, 4.69) is 113 Å². The van der Waals surface area contributed by atoms with E-state index in [4.69, 9.17) is 22.6 Å². The first-order valence-electron chi connectivity index (χ1n) is 25.2. The SMILES string of the molecule is CCCCCCCCOc1ccc(OCCCCCCCC)c(-c2ccccc2SOSc2ccccc2-c2cc(OCCCCCCCC)ccc2OCCCCCCCC)c1. The maximum Gasteiger partial charge on any atom is 0.127 e. The van der Waals surface area contributed by atoms with E-state index < -0.39 is 0 Å². The Kier molecular flexibility index (Phi) is 28.4. The zero-order valence-electron chi connectivity index (χ0n) is 39.7. The molecule has 0 aliphatic carbocycles. The van der Waals surface area contributed by atoms with Crippen LogP contribution in [-0.2, 0) is 3.63 Å². The first-order valence-corrected chi connectivity index (χ1v) is 26.7. The zero-order chi connectivity index (χ0) is 44.4. The van der Waals surface area contributed by atoms with Crippen LogP contribution >= 0.6 is 24.1 Å². The van der Waals surface area contributed by atoms with Crippen LogP contribution in [0.3, 0.4) is 0 Å². The van der Waals surface area contributed by atoms with Crippen LogP contribution in [-0.4, -0.2) is 26.4 Å². The van der Waals surface area contributed by atoms with Gasteiger partial charge in [-0.05, 0) is 74.2 Å². The Morgan fingerprint density at radius 2 is 0.635 bits per heavy atom. The van der Waals surface area contributed by atoms with Gasteiger partial charge in [0.05, 0.1) is 26.4 Å². The van der Waals surface area contributed by atoms with E-state index in [1.807, 2.05) is 0 Å². The van der Waals surface area contributed by atoms with Gasteiger partial charge < -0.3 is 18.9 Å². The van der Waals surface area contributed by atoms with Gasteiger partial charge in [0.1, 0.15) is 23.0 Å². The monoisotopic (exact) mass is 899 g/mol. The highest BCUT2D eigenvalue weighted by atomic mass is 32.2. The molecule has 4 aromatic carbocycles. The van der Waals surface area contributed by atoms with Crippen molar-refractivity contribution in [2.75, 3.05) is 26.4 Å². The van der Waals surface area contributed by atoms with Crippen LogP contribution in [0.15, 0.2) is 94.7 Å². The van der Waals surface area contributed by atoms with Crippen molar-refractivity contribution in [3.05, 3.63) is 84.9 Å². The van der Waals surface area contributed by atoms with E-state index in [9.17, 15) is 0 Å². The van der Waals surface area contributed by atoms with Crippen LogP contribution < -0.4 is 18.9 Å². The van der Waals surface area contributed by atoms with Crippen LogP contribution in [0, 0.1) is 0 Å². The van der Waals surface area contributed by atoms with Crippen molar-refractivity contribution in [2.45, 2.75) is 192 Å². The summed E-state index contributed by atoms with van der Waals surface area (Å²) in [7, 11) is 0. The van der Waals surface area contributed by atoms with E-state index in [0.717, 1.165) is 93.9 Å². The third-order valence-corrected chi connectivity index (χ3v) is 13.2. The number of hydrogen-bond donors (Lipinski definition) is 0. The average Bonchev–Trinajstić information content (AvgIpc) is 3.31. The predicted octanol–water partition coefficient (Wildman–Crippen LogP) is 18.7. The first-order chi connectivity index (χ1) is 31.2. The lowest BCUT2D eigenvalue weighted by Gasteiger charge is -2.17. The molecule has 63 heavy (non-hydrogen) atoms. The summed E-state index contributed by atoms with van der Waals surface area (Å²) in [6, 6.07) is 29.6. The average molecular weight is 899 g/mol. The molecule has 0 atom stereocenters. The van der Waals surface area contributed by atoms with Gasteiger partial charge in [-0.15, -0.1) is 0 Å². The normalized spacial score (nSPS) is 11.2. The number of ether oxygens (including phenoxy) is 4. The first kappa shape index (κ1) is 52.4. The summed E-state index contributed by atoms with van der Waals surface area (Å²) in [5, 5.41) is 0. The molecule has 0 spiro atoms. The van der Waals surface area contributed by atoms with Gasteiger partial charge in [-0.1, -0.05) is 193 Å². The second-order valence-corrected chi connectivity index (χ2v) is 18.8. The molecule has 348 valence electrons. The lowest BCUT2D eigenvalue weighted by atomic mass is 10.0. The summed E-state index contributed by atoms with van der Waals surface area (Å²) in [5.74, 6) is 3.52. The van der Waals surface area contributed by atoms with Gasteiger partial charge in [0.15, 0.2) is 0 Å². The zero-order valence-corrected chi connectivity index (χ0v) is 41.4. The second kappa shape index (κ2) is 34.1. The Labute approximate surface area is 393 Å². The topological polar surface area (TPSA) is 46.2 Å². The van der Waals surface area contributed by atoms with Crippen molar-refractivity contribution in [2.24, 2.45) is 0 Å². The highest BCUT2D eigenvalue weighted by Crippen LogP contribution is 2.44. The standard InChI is InChI=1S/C56H82O5S2/c1-5-9-13-17-21-29-41-57-47-37-39-53(59-43-31-23-19-15-11-7-3)51(45-47)49-33-25-27-35-55(49)62-61-63-56-36-28-26-34-50(56)52-46-48(58-42-30-22-18-14-10-6-2)38-40-54(52)60-44-32-24-20-16-12-8-4/h25-28,33-40,45-46H,5-24,29-32,41-44H2,1-4H3. The summed E-state index contributed by atoms with van der Waals surface area (Å²) in [4.78, 5) is 2.04. The molecule has 7 heteroatoms. The van der Waals surface area contributed by atoms with Gasteiger partial charge in [-0.25, -0.2) is 3.63 Å². The van der Waals surface area contributed by atoms with Crippen molar-refractivity contribution in [1.82, 2.24) is 0 Å². The van der Waals surface area contributed by atoms with Crippen LogP contribution in [0.25, 0.3) is 22.3 Å². The van der Waals surface area contributed by atoms with Crippen LogP contribution in [0.5, 0.6) is 23.0 Å². The molecule has 0 aliphatic rings. The fraction of sp³-hybridized carbons (Fsp3) is 0.571. The Morgan fingerprint density at radius 3 is 1.00 bits per heavy atom. The van der Waals surface area contributed by atoms with E-state index in [1.54, 1.807) is 0 Å². The van der Waals surface area contributed by atoms with E-state index in [0.29, 0.717) is 13.2 Å². The predicted molar refractivity (Wildman–Crippen MR) is 272 cm³/mol. The Balaban J connectivity index is 1.49. The highest BCUT2D eigenvalue weighted by Gasteiger charge is 2.17. The Morgan fingerprint density at radius 1 is 0.317 bits per heavy atom. The van der Waals surface area contributed by atoms with Gasteiger partial charge in [0.25, 0.3) is 0 Å². The van der Waals surface area contributed by atoms with Crippen molar-refractivity contribution in [3.8, 4) is 45.3 Å². The van der Waals surface area contributed by atoms with Gasteiger partial charge in [0.2, 0.25) is 0 Å². The summed E-state index contributed by atoms with van der Waals surface area (Å²) in [6.07, 6.45) is 29.6. The lowest BCUT2D eigenvalue weighted by molar-refractivity contribution is 0.297. The molecule has 0 fully saturated rings. The molecule has 0 aliphatic heterocycles. The molecule has 0 radical (unpaired) electrons. The maximum atomic E-state index is 6.52. The molecule has 0 saturated heterocycles. The lowest BCUT2D eigenvalue weighted by Crippen LogP contribution is -2.01. The smallest absolute Gasteiger partial charge is 0.127 e. The molecule has 0 amide bonds. The van der Waals surface area contributed by atoms with Crippen molar-refractivity contribution < 1.29 is 22.6 Å². The molecule has 0 heterocycles. The summed E-state index contributed by atoms with van der Waals surface area (Å²) >= 11 is 2.78.